The summed E-state index contributed by atoms with van der Waals surface area (Å²) in [6.07, 6.45) is 3.82. The standard InChI is InChI=1S/C21H21N5O5S.H4N2O2S/c1-31-16-8-3-2-6-14(16)17-18(21(28)25-20(17)27)15-12-26(11-5-10-24-32(22,29)30)19-13(15)7-4-9-23-19;1-5(2,3)4/h2-4,6-9,12,24H,5,10-11H2,1H3,(H2,22,29,30)(H,25,27,28);(H4,1,2,3,4). The Morgan fingerprint density at radius 2 is 1.59 bits per heavy atom. The van der Waals surface area contributed by atoms with Crippen molar-refractivity contribution in [1.29, 1.82) is 0 Å². The molecule has 16 heteroatoms. The van der Waals surface area contributed by atoms with Gasteiger partial charge in [0.05, 0.1) is 18.3 Å². The first kappa shape index (κ1) is 27.9. The molecule has 37 heavy (non-hydrogen) atoms. The molecule has 0 atom stereocenters. The molecule has 198 valence electrons. The molecule has 1 aliphatic rings. The van der Waals surface area contributed by atoms with Crippen molar-refractivity contribution in [2.24, 2.45) is 15.4 Å². The first-order valence-corrected chi connectivity index (χ1v) is 13.7. The number of hydrogen-bond donors (Lipinski definition) is 5. The van der Waals surface area contributed by atoms with Crippen LogP contribution in [0, 0.1) is 0 Å². The van der Waals surface area contributed by atoms with Gasteiger partial charge in [-0.05, 0) is 24.6 Å². The van der Waals surface area contributed by atoms with Crippen LogP contribution in [0.15, 0.2) is 48.8 Å². The number of ether oxygens (including phenoxy) is 1. The lowest BCUT2D eigenvalue weighted by molar-refractivity contribution is -0.122. The molecule has 0 bridgehead atoms. The number of fused-ring (bicyclic) bond motifs is 1. The SMILES string of the molecule is COc1ccccc1C1=C(c2cn(CCCNS(N)(=O)=O)c3ncccc23)C(=O)NC1=O.NS(N)(=O)=O. The third-order valence-corrected chi connectivity index (χ3v) is 5.70. The molecular weight excluding hydrogens is 526 g/mol. The minimum atomic E-state index is -3.77. The highest BCUT2D eigenvalue weighted by molar-refractivity contribution is 7.87. The predicted molar refractivity (Wildman–Crippen MR) is 136 cm³/mol. The monoisotopic (exact) mass is 551 g/mol. The number of hydrogen-bond acceptors (Lipinski definition) is 8. The fraction of sp³-hybridized carbons (Fsp3) is 0.190. The highest BCUT2D eigenvalue weighted by Crippen LogP contribution is 2.38. The van der Waals surface area contributed by atoms with Gasteiger partial charge in [-0.25, -0.2) is 25.1 Å². The number of methoxy groups -OCH3 is 1. The van der Waals surface area contributed by atoms with Gasteiger partial charge in [0.2, 0.25) is 0 Å². The summed E-state index contributed by atoms with van der Waals surface area (Å²) in [4.78, 5) is 30.0. The van der Waals surface area contributed by atoms with Gasteiger partial charge in [-0.1, -0.05) is 18.2 Å². The number of carbonyl (C=O) groups excluding carboxylic acids is 2. The summed E-state index contributed by atoms with van der Waals surface area (Å²) in [6, 6.07) is 10.6. The Morgan fingerprint density at radius 3 is 2.22 bits per heavy atom. The van der Waals surface area contributed by atoms with Gasteiger partial charge in [-0.2, -0.15) is 16.8 Å². The Balaban J connectivity index is 0.000000695. The highest BCUT2D eigenvalue weighted by atomic mass is 32.2. The van der Waals surface area contributed by atoms with Crippen molar-refractivity contribution in [2.75, 3.05) is 13.7 Å². The zero-order valence-corrected chi connectivity index (χ0v) is 21.2. The zero-order chi connectivity index (χ0) is 27.4. The highest BCUT2D eigenvalue weighted by Gasteiger charge is 2.35. The Bertz CT molecular complexity index is 1590. The molecule has 0 saturated carbocycles. The molecule has 1 aliphatic heterocycles. The molecule has 2 aromatic heterocycles. The number of nitrogens with two attached hydrogens (primary N) is 3. The van der Waals surface area contributed by atoms with Crippen LogP contribution < -0.4 is 30.2 Å². The van der Waals surface area contributed by atoms with Crippen molar-refractivity contribution >= 4 is 54.4 Å². The van der Waals surface area contributed by atoms with Crippen LogP contribution in [0.5, 0.6) is 5.75 Å². The van der Waals surface area contributed by atoms with E-state index in [1.165, 1.54) is 7.11 Å². The third-order valence-electron chi connectivity index (χ3n) is 5.09. The molecule has 0 fully saturated rings. The largest absolute Gasteiger partial charge is 0.496 e. The van der Waals surface area contributed by atoms with Crippen LogP contribution in [0.25, 0.3) is 22.2 Å². The molecule has 8 N–H and O–H groups in total. The molecule has 0 radical (unpaired) electrons. The van der Waals surface area contributed by atoms with Crippen molar-refractivity contribution in [1.82, 2.24) is 19.6 Å². The van der Waals surface area contributed by atoms with Gasteiger partial charge >= 0.3 is 0 Å². The van der Waals surface area contributed by atoms with Gasteiger partial charge in [0.15, 0.2) is 0 Å². The van der Waals surface area contributed by atoms with Crippen LogP contribution in [0.4, 0.5) is 0 Å². The van der Waals surface area contributed by atoms with E-state index in [2.05, 4.69) is 25.3 Å². The molecule has 3 heterocycles. The second-order valence-electron chi connectivity index (χ2n) is 7.73. The number of nitrogens with zero attached hydrogens (tertiary/aromatic N) is 2. The Morgan fingerprint density at radius 1 is 0.973 bits per heavy atom. The van der Waals surface area contributed by atoms with E-state index in [-0.39, 0.29) is 17.7 Å². The quantitative estimate of drug-likeness (QED) is 0.171. The number of pyridine rings is 1. The Kier molecular flexibility index (Phi) is 8.42. The van der Waals surface area contributed by atoms with E-state index in [1.54, 1.807) is 42.7 Å². The van der Waals surface area contributed by atoms with Crippen molar-refractivity contribution in [2.45, 2.75) is 13.0 Å². The third kappa shape index (κ3) is 7.19. The number of imide groups is 1. The number of para-hydroxylation sites is 1. The first-order chi connectivity index (χ1) is 17.3. The van der Waals surface area contributed by atoms with E-state index in [0.29, 0.717) is 40.9 Å². The zero-order valence-electron chi connectivity index (χ0n) is 19.5. The molecular formula is C21H25N7O7S2. The smallest absolute Gasteiger partial charge is 0.274 e. The molecule has 0 spiro atoms. The van der Waals surface area contributed by atoms with Gasteiger partial charge in [0.25, 0.3) is 32.2 Å². The van der Waals surface area contributed by atoms with Crippen LogP contribution in [0.3, 0.4) is 0 Å². The summed E-state index contributed by atoms with van der Waals surface area (Å²) in [7, 11) is -5.94. The average molecular weight is 552 g/mol. The van der Waals surface area contributed by atoms with Crippen LogP contribution in [-0.2, 0) is 36.6 Å². The van der Waals surface area contributed by atoms with Crippen LogP contribution in [-0.4, -0.2) is 51.9 Å². The molecule has 0 saturated heterocycles. The van der Waals surface area contributed by atoms with Gasteiger partial charge in [0, 0.05) is 42.0 Å². The molecule has 0 unspecified atom stereocenters. The fourth-order valence-electron chi connectivity index (χ4n) is 3.78. The van der Waals surface area contributed by atoms with E-state index >= 15 is 0 Å². The molecule has 1 aromatic carbocycles. The van der Waals surface area contributed by atoms with Crippen molar-refractivity contribution in [3.63, 3.8) is 0 Å². The van der Waals surface area contributed by atoms with E-state index < -0.39 is 32.2 Å². The maximum atomic E-state index is 12.8. The van der Waals surface area contributed by atoms with Gasteiger partial charge < -0.3 is 9.30 Å². The summed E-state index contributed by atoms with van der Waals surface area (Å²) in [5.41, 5.74) is 2.13. The predicted octanol–water partition coefficient (Wildman–Crippen LogP) is -1.06. The fourth-order valence-corrected chi connectivity index (χ4v) is 4.21. The van der Waals surface area contributed by atoms with Crippen molar-refractivity contribution < 1.29 is 31.2 Å². The van der Waals surface area contributed by atoms with Crippen LogP contribution in [0.1, 0.15) is 17.5 Å². The second kappa shape index (κ2) is 11.2. The summed E-state index contributed by atoms with van der Waals surface area (Å²) < 4.78 is 50.0. The molecule has 2 amide bonds. The summed E-state index contributed by atoms with van der Waals surface area (Å²) >= 11 is 0. The normalized spacial score (nSPS) is 13.9. The van der Waals surface area contributed by atoms with Crippen molar-refractivity contribution in [3.05, 3.63) is 59.9 Å². The summed E-state index contributed by atoms with van der Waals surface area (Å²) in [5, 5.41) is 16.2. The average Bonchev–Trinajstić information content (AvgIpc) is 3.30. The Hall–Kier alpha value is -3.67. The van der Waals surface area contributed by atoms with Gasteiger partial charge in [0.1, 0.15) is 11.4 Å². The van der Waals surface area contributed by atoms with Crippen molar-refractivity contribution in [3.8, 4) is 5.75 Å². The maximum Gasteiger partial charge on any atom is 0.274 e. The number of carbonyl (C=O) groups is 2. The van der Waals surface area contributed by atoms with Gasteiger partial charge in [-0.3, -0.25) is 14.9 Å². The lowest BCUT2D eigenvalue weighted by Gasteiger charge is -2.09. The Labute approximate surface area is 212 Å². The van der Waals surface area contributed by atoms with E-state index in [0.717, 1.165) is 0 Å². The first-order valence-electron chi connectivity index (χ1n) is 10.6. The van der Waals surface area contributed by atoms with Crippen LogP contribution >= 0.6 is 0 Å². The molecule has 3 aromatic rings. The van der Waals surface area contributed by atoms with E-state index in [9.17, 15) is 26.4 Å². The second-order valence-corrected chi connectivity index (χ2v) is 10.3. The number of amides is 2. The van der Waals surface area contributed by atoms with E-state index in [4.69, 9.17) is 9.88 Å². The summed E-state index contributed by atoms with van der Waals surface area (Å²) in [5.74, 6) is -0.535. The number of rotatable bonds is 8. The van der Waals surface area contributed by atoms with E-state index in [1.807, 2.05) is 10.6 Å². The van der Waals surface area contributed by atoms with Crippen LogP contribution in [0.2, 0.25) is 0 Å². The number of nitrogens with one attached hydrogen (secondary N) is 2. The molecule has 4 rings (SSSR count). The molecule has 14 nitrogen and oxygen atoms in total. The van der Waals surface area contributed by atoms with Gasteiger partial charge in [-0.15, -0.1) is 0 Å². The lowest BCUT2D eigenvalue weighted by atomic mass is 9.96. The lowest BCUT2D eigenvalue weighted by Crippen LogP contribution is -2.31. The number of aromatic nitrogens is 2. The maximum absolute atomic E-state index is 12.8. The minimum absolute atomic E-state index is 0.148. The molecule has 0 aliphatic carbocycles. The summed E-state index contributed by atoms with van der Waals surface area (Å²) in [6.45, 7) is 0.567. The number of benzene rings is 1. The number of aryl methyl sites for hydroxylation is 1. The topological polar surface area (TPSA) is 232 Å². The minimum Gasteiger partial charge on any atom is -0.496 e.